The Morgan fingerprint density at radius 3 is 2.57 bits per heavy atom. The monoisotopic (exact) mass is 304 g/mol. The van der Waals surface area contributed by atoms with E-state index in [-0.39, 0.29) is 11.9 Å². The van der Waals surface area contributed by atoms with Gasteiger partial charge < -0.3 is 4.42 Å². The Hall–Kier alpha value is -1.88. The van der Waals surface area contributed by atoms with Gasteiger partial charge in [0.05, 0.1) is 0 Å². The van der Waals surface area contributed by atoms with Gasteiger partial charge in [0.1, 0.15) is 23.2 Å². The van der Waals surface area contributed by atoms with Gasteiger partial charge in [-0.25, -0.2) is 9.82 Å². The van der Waals surface area contributed by atoms with E-state index in [1.54, 1.807) is 18.2 Å². The van der Waals surface area contributed by atoms with Crippen LogP contribution < -0.4 is 11.3 Å². The average molecular weight is 305 g/mol. The standard InChI is InChI=1S/C16H14ClFN2O/c1-9-13-8-12(18)6-7-14(13)21-16(9)15(20-19)10-2-4-11(17)5-3-10/h2-8,15,20H,19H2,1H3. The number of nitrogens with two attached hydrogens (primary N) is 1. The number of fused-ring (bicyclic) bond motifs is 1. The molecule has 0 saturated heterocycles. The Balaban J connectivity index is 2.12. The lowest BCUT2D eigenvalue weighted by atomic mass is 10.0. The molecular weight excluding hydrogens is 291 g/mol. The zero-order valence-electron chi connectivity index (χ0n) is 11.4. The van der Waals surface area contributed by atoms with Crippen LogP contribution in [0, 0.1) is 12.7 Å². The molecule has 2 aromatic carbocycles. The summed E-state index contributed by atoms with van der Waals surface area (Å²) in [5, 5.41) is 1.40. The first-order valence-electron chi connectivity index (χ1n) is 6.50. The molecule has 108 valence electrons. The quantitative estimate of drug-likeness (QED) is 0.566. The van der Waals surface area contributed by atoms with Crippen molar-refractivity contribution in [3.8, 4) is 0 Å². The minimum absolute atomic E-state index is 0.290. The first-order chi connectivity index (χ1) is 10.1. The van der Waals surface area contributed by atoms with E-state index < -0.39 is 0 Å². The molecule has 3 nitrogen and oxygen atoms in total. The molecule has 3 rings (SSSR count). The van der Waals surface area contributed by atoms with Gasteiger partial charge in [-0.15, -0.1) is 0 Å². The highest BCUT2D eigenvalue weighted by molar-refractivity contribution is 6.30. The lowest BCUT2D eigenvalue weighted by Crippen LogP contribution is -2.28. The molecule has 0 saturated carbocycles. The lowest BCUT2D eigenvalue weighted by Gasteiger charge is -2.15. The highest BCUT2D eigenvalue weighted by Crippen LogP contribution is 2.33. The van der Waals surface area contributed by atoms with Crippen LogP contribution in [0.4, 0.5) is 4.39 Å². The smallest absolute Gasteiger partial charge is 0.134 e. The number of furan rings is 1. The molecule has 0 aliphatic rings. The number of hydrogen-bond donors (Lipinski definition) is 2. The SMILES string of the molecule is Cc1c(C(NN)c2ccc(Cl)cc2)oc2ccc(F)cc12. The predicted molar refractivity (Wildman–Crippen MR) is 81.5 cm³/mol. The number of hydrazine groups is 1. The molecule has 1 unspecified atom stereocenters. The van der Waals surface area contributed by atoms with E-state index in [1.165, 1.54) is 12.1 Å². The molecule has 0 fully saturated rings. The number of rotatable bonds is 3. The van der Waals surface area contributed by atoms with Gasteiger partial charge in [0.25, 0.3) is 0 Å². The third kappa shape index (κ3) is 2.53. The fourth-order valence-corrected chi connectivity index (χ4v) is 2.59. The van der Waals surface area contributed by atoms with Crippen LogP contribution in [0.2, 0.25) is 5.02 Å². The molecule has 21 heavy (non-hydrogen) atoms. The van der Waals surface area contributed by atoms with Crippen LogP contribution >= 0.6 is 11.6 Å². The highest BCUT2D eigenvalue weighted by atomic mass is 35.5. The van der Waals surface area contributed by atoms with Crippen LogP contribution in [-0.2, 0) is 0 Å². The summed E-state index contributed by atoms with van der Waals surface area (Å²) in [6.07, 6.45) is 0. The zero-order chi connectivity index (χ0) is 15.0. The van der Waals surface area contributed by atoms with Crippen LogP contribution in [0.3, 0.4) is 0 Å². The van der Waals surface area contributed by atoms with E-state index in [0.717, 1.165) is 16.5 Å². The van der Waals surface area contributed by atoms with Crippen molar-refractivity contribution >= 4 is 22.6 Å². The third-order valence-corrected chi connectivity index (χ3v) is 3.82. The van der Waals surface area contributed by atoms with Crippen molar-refractivity contribution in [2.24, 2.45) is 5.84 Å². The average Bonchev–Trinajstić information content (AvgIpc) is 2.79. The van der Waals surface area contributed by atoms with E-state index in [2.05, 4.69) is 5.43 Å². The van der Waals surface area contributed by atoms with Crippen molar-refractivity contribution in [2.75, 3.05) is 0 Å². The van der Waals surface area contributed by atoms with Crippen LogP contribution in [0.15, 0.2) is 46.9 Å². The molecule has 0 amide bonds. The first kappa shape index (κ1) is 14.1. The van der Waals surface area contributed by atoms with E-state index in [1.807, 2.05) is 19.1 Å². The molecule has 0 aliphatic heterocycles. The van der Waals surface area contributed by atoms with Crippen LogP contribution in [0.5, 0.6) is 0 Å². The molecule has 3 aromatic rings. The van der Waals surface area contributed by atoms with E-state index in [9.17, 15) is 4.39 Å². The second kappa shape index (κ2) is 5.48. The summed E-state index contributed by atoms with van der Waals surface area (Å²) in [6.45, 7) is 1.89. The second-order valence-electron chi connectivity index (χ2n) is 4.88. The van der Waals surface area contributed by atoms with E-state index in [4.69, 9.17) is 21.9 Å². The van der Waals surface area contributed by atoms with Gasteiger partial charge >= 0.3 is 0 Å². The van der Waals surface area contributed by atoms with Crippen molar-refractivity contribution in [1.29, 1.82) is 0 Å². The van der Waals surface area contributed by atoms with Gasteiger partial charge in [-0.05, 0) is 42.8 Å². The van der Waals surface area contributed by atoms with Gasteiger partial charge in [-0.2, -0.15) is 0 Å². The summed E-state index contributed by atoms with van der Waals surface area (Å²) < 4.78 is 19.2. The van der Waals surface area contributed by atoms with E-state index in [0.29, 0.717) is 16.4 Å². The number of aryl methyl sites for hydroxylation is 1. The molecule has 5 heteroatoms. The minimum atomic E-state index is -0.322. The summed E-state index contributed by atoms with van der Waals surface area (Å²) >= 11 is 5.90. The summed E-state index contributed by atoms with van der Waals surface area (Å²) in [6, 6.07) is 11.5. The van der Waals surface area contributed by atoms with Crippen molar-refractivity contribution in [1.82, 2.24) is 5.43 Å². The maximum atomic E-state index is 13.4. The van der Waals surface area contributed by atoms with Crippen LogP contribution in [0.1, 0.15) is 22.9 Å². The minimum Gasteiger partial charge on any atom is -0.459 e. The Morgan fingerprint density at radius 2 is 1.90 bits per heavy atom. The van der Waals surface area contributed by atoms with Gasteiger partial charge in [-0.3, -0.25) is 5.84 Å². The maximum Gasteiger partial charge on any atom is 0.134 e. The molecule has 0 radical (unpaired) electrons. The Bertz CT molecular complexity index is 783. The van der Waals surface area contributed by atoms with Crippen LogP contribution in [-0.4, -0.2) is 0 Å². The molecular formula is C16H14ClFN2O. The number of halogens is 2. The topological polar surface area (TPSA) is 51.2 Å². The van der Waals surface area contributed by atoms with Gasteiger partial charge in [0, 0.05) is 16.0 Å². The Kier molecular flexibility index (Phi) is 3.68. The molecule has 0 bridgehead atoms. The number of benzene rings is 2. The van der Waals surface area contributed by atoms with Crippen molar-refractivity contribution in [3.05, 3.63) is 70.2 Å². The Morgan fingerprint density at radius 1 is 1.19 bits per heavy atom. The number of hydrogen-bond acceptors (Lipinski definition) is 3. The van der Waals surface area contributed by atoms with Crippen molar-refractivity contribution in [2.45, 2.75) is 13.0 Å². The largest absolute Gasteiger partial charge is 0.459 e. The van der Waals surface area contributed by atoms with Crippen LogP contribution in [0.25, 0.3) is 11.0 Å². The molecule has 3 N–H and O–H groups in total. The molecule has 0 aliphatic carbocycles. The highest BCUT2D eigenvalue weighted by Gasteiger charge is 2.21. The Labute approximate surface area is 126 Å². The molecule has 1 aromatic heterocycles. The van der Waals surface area contributed by atoms with Gasteiger partial charge in [0.15, 0.2) is 0 Å². The second-order valence-corrected chi connectivity index (χ2v) is 5.32. The molecule has 1 heterocycles. The normalized spacial score (nSPS) is 12.8. The maximum absolute atomic E-state index is 13.4. The molecule has 0 spiro atoms. The van der Waals surface area contributed by atoms with E-state index >= 15 is 0 Å². The zero-order valence-corrected chi connectivity index (χ0v) is 12.1. The fraction of sp³-hybridized carbons (Fsp3) is 0.125. The van der Waals surface area contributed by atoms with Crippen molar-refractivity contribution < 1.29 is 8.81 Å². The van der Waals surface area contributed by atoms with Gasteiger partial charge in [-0.1, -0.05) is 23.7 Å². The first-order valence-corrected chi connectivity index (χ1v) is 6.88. The lowest BCUT2D eigenvalue weighted by molar-refractivity contribution is 0.473. The summed E-state index contributed by atoms with van der Waals surface area (Å²) in [5.41, 5.74) is 5.16. The third-order valence-electron chi connectivity index (χ3n) is 3.57. The summed E-state index contributed by atoms with van der Waals surface area (Å²) in [4.78, 5) is 0. The molecule has 1 atom stereocenters. The van der Waals surface area contributed by atoms with Crippen molar-refractivity contribution in [3.63, 3.8) is 0 Å². The van der Waals surface area contributed by atoms with Gasteiger partial charge in [0.2, 0.25) is 0 Å². The summed E-state index contributed by atoms with van der Waals surface area (Å²) in [7, 11) is 0. The number of nitrogens with one attached hydrogen (secondary N) is 1. The summed E-state index contributed by atoms with van der Waals surface area (Å²) in [5.74, 6) is 6.06. The predicted octanol–water partition coefficient (Wildman–Crippen LogP) is 4.09. The fourth-order valence-electron chi connectivity index (χ4n) is 2.47.